The smallest absolute Gasteiger partial charge is 0.0387 e. The Morgan fingerprint density at radius 3 is 2.44 bits per heavy atom. The molecule has 1 saturated carbocycles. The molecule has 0 aromatic heterocycles. The van der Waals surface area contributed by atoms with Crippen molar-refractivity contribution in [1.82, 2.24) is 0 Å². The molecule has 2 N–H and O–H groups in total. The third-order valence-electron chi connectivity index (χ3n) is 3.59. The van der Waals surface area contributed by atoms with E-state index in [9.17, 15) is 0 Å². The highest BCUT2D eigenvalue weighted by Gasteiger charge is 2.25. The van der Waals surface area contributed by atoms with Gasteiger partial charge in [0, 0.05) is 24.3 Å². The first-order chi connectivity index (χ1) is 7.83. The van der Waals surface area contributed by atoms with E-state index in [1.165, 1.54) is 31.4 Å². The molecule has 1 atom stereocenters. The lowest BCUT2D eigenvalue weighted by molar-refractivity contribution is 0.535. The molecule has 2 heteroatoms. The number of hydrogen-bond acceptors (Lipinski definition) is 2. The molecule has 0 spiro atoms. The Balaban J connectivity index is 2.20. The second kappa shape index (κ2) is 5.35. The second-order valence-electron chi connectivity index (χ2n) is 4.77. The second-order valence-corrected chi connectivity index (χ2v) is 4.77. The van der Waals surface area contributed by atoms with Crippen LogP contribution in [-0.4, -0.2) is 18.6 Å². The highest BCUT2D eigenvalue weighted by atomic mass is 15.2. The van der Waals surface area contributed by atoms with Crippen molar-refractivity contribution < 1.29 is 0 Å². The molecular weight excluding hydrogens is 196 g/mol. The Labute approximate surface area is 98.4 Å². The molecule has 0 aliphatic heterocycles. The molecule has 2 rings (SSSR count). The normalized spacial score (nSPS) is 18.6. The van der Waals surface area contributed by atoms with Crippen LogP contribution in [-0.2, 0) is 0 Å². The zero-order valence-electron chi connectivity index (χ0n) is 10.1. The minimum Gasteiger partial charge on any atom is -0.365 e. The summed E-state index contributed by atoms with van der Waals surface area (Å²) in [5.74, 6) is 0. The molecule has 0 radical (unpaired) electrons. The molecule has 16 heavy (non-hydrogen) atoms. The van der Waals surface area contributed by atoms with Crippen molar-refractivity contribution in [3.8, 4) is 0 Å². The predicted molar refractivity (Wildman–Crippen MR) is 69.7 cm³/mol. The molecule has 0 heterocycles. The Kier molecular flexibility index (Phi) is 3.83. The molecule has 0 saturated heterocycles. The van der Waals surface area contributed by atoms with E-state index < -0.39 is 0 Å². The quantitative estimate of drug-likeness (QED) is 0.842. The SMILES string of the molecule is CC(CN)N(c1ccccc1)C1CCCC1. The van der Waals surface area contributed by atoms with E-state index in [0.29, 0.717) is 12.1 Å². The first-order valence-corrected chi connectivity index (χ1v) is 6.36. The molecule has 2 nitrogen and oxygen atoms in total. The molecule has 0 bridgehead atoms. The Morgan fingerprint density at radius 2 is 1.88 bits per heavy atom. The Bertz CT molecular complexity index is 304. The molecule has 88 valence electrons. The summed E-state index contributed by atoms with van der Waals surface area (Å²) in [6, 6.07) is 11.8. The van der Waals surface area contributed by atoms with Crippen LogP contribution in [0.25, 0.3) is 0 Å². The van der Waals surface area contributed by atoms with Crippen molar-refractivity contribution in [2.75, 3.05) is 11.4 Å². The molecule has 1 aliphatic rings. The van der Waals surface area contributed by atoms with Crippen LogP contribution in [0, 0.1) is 0 Å². The van der Waals surface area contributed by atoms with Crippen molar-refractivity contribution >= 4 is 5.69 Å². The number of benzene rings is 1. The number of nitrogens with zero attached hydrogens (tertiary/aromatic N) is 1. The van der Waals surface area contributed by atoms with Crippen LogP contribution in [0.5, 0.6) is 0 Å². The number of rotatable bonds is 4. The lowest BCUT2D eigenvalue weighted by Crippen LogP contribution is -2.44. The summed E-state index contributed by atoms with van der Waals surface area (Å²) >= 11 is 0. The van der Waals surface area contributed by atoms with E-state index in [-0.39, 0.29) is 0 Å². The fraction of sp³-hybridized carbons (Fsp3) is 0.571. The van der Waals surface area contributed by atoms with Crippen molar-refractivity contribution in [3.05, 3.63) is 30.3 Å². The highest BCUT2D eigenvalue weighted by molar-refractivity contribution is 5.48. The first-order valence-electron chi connectivity index (χ1n) is 6.36. The summed E-state index contributed by atoms with van der Waals surface area (Å²) in [7, 11) is 0. The summed E-state index contributed by atoms with van der Waals surface area (Å²) < 4.78 is 0. The first kappa shape index (κ1) is 11.5. The average Bonchev–Trinajstić information content (AvgIpc) is 2.84. The summed E-state index contributed by atoms with van der Waals surface area (Å²) in [6.07, 6.45) is 5.37. The van der Waals surface area contributed by atoms with Crippen molar-refractivity contribution in [1.29, 1.82) is 0 Å². The van der Waals surface area contributed by atoms with Gasteiger partial charge in [-0.05, 0) is 31.9 Å². The maximum atomic E-state index is 5.84. The largest absolute Gasteiger partial charge is 0.365 e. The van der Waals surface area contributed by atoms with Gasteiger partial charge in [-0.25, -0.2) is 0 Å². The van der Waals surface area contributed by atoms with E-state index in [4.69, 9.17) is 5.73 Å². The van der Waals surface area contributed by atoms with E-state index in [0.717, 1.165) is 6.54 Å². The van der Waals surface area contributed by atoms with Gasteiger partial charge < -0.3 is 10.6 Å². The van der Waals surface area contributed by atoms with E-state index in [1.54, 1.807) is 0 Å². The van der Waals surface area contributed by atoms with Gasteiger partial charge in [0.05, 0.1) is 0 Å². The molecule has 1 unspecified atom stereocenters. The van der Waals surface area contributed by atoms with Crippen LogP contribution >= 0.6 is 0 Å². The minimum atomic E-state index is 0.436. The maximum Gasteiger partial charge on any atom is 0.0387 e. The standard InChI is InChI=1S/C14H22N2/c1-12(11-15)16(14-9-5-6-10-14)13-7-3-2-4-8-13/h2-4,7-8,12,14H,5-6,9-11,15H2,1H3. The van der Waals surface area contributed by atoms with Crippen LogP contribution in [0.15, 0.2) is 30.3 Å². The zero-order chi connectivity index (χ0) is 11.4. The molecule has 1 aliphatic carbocycles. The summed E-state index contributed by atoms with van der Waals surface area (Å²) in [5, 5.41) is 0. The van der Waals surface area contributed by atoms with Gasteiger partial charge in [-0.2, -0.15) is 0 Å². The van der Waals surface area contributed by atoms with E-state index in [1.807, 2.05) is 0 Å². The highest BCUT2D eigenvalue weighted by Crippen LogP contribution is 2.29. The monoisotopic (exact) mass is 218 g/mol. The van der Waals surface area contributed by atoms with Crippen LogP contribution < -0.4 is 10.6 Å². The zero-order valence-corrected chi connectivity index (χ0v) is 10.1. The van der Waals surface area contributed by atoms with Gasteiger partial charge in [0.15, 0.2) is 0 Å². The topological polar surface area (TPSA) is 29.3 Å². The minimum absolute atomic E-state index is 0.436. The molecule has 1 aromatic carbocycles. The van der Waals surface area contributed by atoms with Gasteiger partial charge in [-0.1, -0.05) is 31.0 Å². The average molecular weight is 218 g/mol. The van der Waals surface area contributed by atoms with Gasteiger partial charge in [0.2, 0.25) is 0 Å². The number of hydrogen-bond donors (Lipinski definition) is 1. The number of anilines is 1. The number of para-hydroxylation sites is 1. The molecular formula is C14H22N2. The van der Waals surface area contributed by atoms with E-state index >= 15 is 0 Å². The fourth-order valence-electron chi connectivity index (χ4n) is 2.72. The van der Waals surface area contributed by atoms with Crippen molar-refractivity contribution in [2.24, 2.45) is 5.73 Å². The van der Waals surface area contributed by atoms with Gasteiger partial charge in [-0.3, -0.25) is 0 Å². The molecule has 1 aromatic rings. The van der Waals surface area contributed by atoms with Crippen LogP contribution in [0.4, 0.5) is 5.69 Å². The third kappa shape index (κ3) is 2.38. The van der Waals surface area contributed by atoms with Gasteiger partial charge in [0.1, 0.15) is 0 Å². The lowest BCUT2D eigenvalue weighted by atomic mass is 10.1. The lowest BCUT2D eigenvalue weighted by Gasteiger charge is -2.36. The third-order valence-corrected chi connectivity index (χ3v) is 3.59. The van der Waals surface area contributed by atoms with Crippen molar-refractivity contribution in [3.63, 3.8) is 0 Å². The maximum absolute atomic E-state index is 5.84. The predicted octanol–water partition coefficient (Wildman–Crippen LogP) is 2.78. The van der Waals surface area contributed by atoms with Gasteiger partial charge >= 0.3 is 0 Å². The molecule has 1 fully saturated rings. The summed E-state index contributed by atoms with van der Waals surface area (Å²) in [6.45, 7) is 2.96. The molecule has 0 amide bonds. The van der Waals surface area contributed by atoms with Crippen molar-refractivity contribution in [2.45, 2.75) is 44.7 Å². The van der Waals surface area contributed by atoms with Gasteiger partial charge in [0.25, 0.3) is 0 Å². The Morgan fingerprint density at radius 1 is 1.25 bits per heavy atom. The van der Waals surface area contributed by atoms with Crippen LogP contribution in [0.3, 0.4) is 0 Å². The van der Waals surface area contributed by atoms with Crippen LogP contribution in [0.1, 0.15) is 32.6 Å². The Hall–Kier alpha value is -1.02. The number of nitrogens with two attached hydrogens (primary N) is 1. The fourth-order valence-corrected chi connectivity index (χ4v) is 2.72. The van der Waals surface area contributed by atoms with E-state index in [2.05, 4.69) is 42.2 Å². The summed E-state index contributed by atoms with van der Waals surface area (Å²) in [4.78, 5) is 2.52. The summed E-state index contributed by atoms with van der Waals surface area (Å²) in [5.41, 5.74) is 7.16. The van der Waals surface area contributed by atoms with Gasteiger partial charge in [-0.15, -0.1) is 0 Å². The van der Waals surface area contributed by atoms with Crippen LogP contribution in [0.2, 0.25) is 0 Å².